The fourth-order valence-electron chi connectivity index (χ4n) is 14.0. The molecule has 7 aromatic rings. The molecule has 0 bridgehead atoms. The summed E-state index contributed by atoms with van der Waals surface area (Å²) < 4.78 is 0. The third-order valence-corrected chi connectivity index (χ3v) is 21.3. The van der Waals surface area contributed by atoms with E-state index in [0.29, 0.717) is 11.5 Å². The summed E-state index contributed by atoms with van der Waals surface area (Å²) in [7, 11) is 0. The molecule has 0 fully saturated rings. The average molecular weight is 1170 g/mol. The van der Waals surface area contributed by atoms with Crippen LogP contribution < -0.4 is 0 Å². The average Bonchev–Trinajstić information content (AvgIpc) is 0.715. The summed E-state index contributed by atoms with van der Waals surface area (Å²) in [6, 6.07) is 56.7. The van der Waals surface area contributed by atoms with Crippen LogP contribution in [0.4, 0.5) is 0 Å². The van der Waals surface area contributed by atoms with Crippen molar-refractivity contribution in [3.8, 4) is 44.9 Å². The lowest BCUT2D eigenvalue weighted by molar-refractivity contribution is 0.427. The molecule has 0 aliphatic heterocycles. The summed E-state index contributed by atoms with van der Waals surface area (Å²) in [5, 5.41) is 24.4. The van der Waals surface area contributed by atoms with E-state index in [1.807, 2.05) is 12.1 Å². The van der Waals surface area contributed by atoms with Gasteiger partial charge < -0.3 is 10.2 Å². The number of phenolic OH excluding ortho intramolecular Hbond substituents is 2. The normalized spacial score (nSPS) is 12.9. The van der Waals surface area contributed by atoms with Gasteiger partial charge in [0.15, 0.2) is 0 Å². The first-order chi connectivity index (χ1) is 41.2. The summed E-state index contributed by atoms with van der Waals surface area (Å²) in [4.78, 5) is 0. The number of hydrogen-bond acceptors (Lipinski definition) is 2. The van der Waals surface area contributed by atoms with E-state index in [0.717, 1.165) is 77.5 Å². The van der Waals surface area contributed by atoms with E-state index in [2.05, 4.69) is 258 Å². The predicted molar refractivity (Wildman–Crippen MR) is 380 cm³/mol. The second kappa shape index (κ2) is 28.7. The van der Waals surface area contributed by atoms with Gasteiger partial charge in [0.05, 0.1) is 5.41 Å². The third-order valence-electron chi connectivity index (χ3n) is 21.3. The minimum atomic E-state index is -1.00. The molecule has 2 N–H and O–H groups in total. The number of rotatable bonds is 31. The van der Waals surface area contributed by atoms with Crippen LogP contribution in [-0.4, -0.2) is 10.2 Å². The number of unbranched alkanes of at least 4 members (excludes halogenated alkanes) is 8. The smallest absolute Gasteiger partial charge is 0.119 e. The maximum atomic E-state index is 12.2. The molecule has 0 amide bonds. The fraction of sp³-hybridized carbons (Fsp3) is 0.506. The zero-order valence-electron chi connectivity index (χ0n) is 58.0. The molecule has 7 rings (SSSR count). The van der Waals surface area contributed by atoms with Crippen LogP contribution in [0.25, 0.3) is 33.4 Å². The van der Waals surface area contributed by atoms with Gasteiger partial charge in [-0.15, -0.1) is 0 Å². The van der Waals surface area contributed by atoms with Gasteiger partial charge in [-0.3, -0.25) is 0 Å². The summed E-state index contributed by atoms with van der Waals surface area (Å²) in [5.41, 5.74) is 17.1. The second-order valence-electron chi connectivity index (χ2n) is 30.3. The molecule has 0 atom stereocenters. The van der Waals surface area contributed by atoms with Crippen LogP contribution in [0.15, 0.2) is 146 Å². The SMILES string of the molecule is CCCCCC(C)(C)c1ccc(-c2ccc(C(c3ccc(C(C)(C)CCCCC)cc3)(c3ccc(O)c(C(C)(C)CC)c3)c3ccc(O)c(C(C)(C)CC)c3)c(-c3ccc(C(C)(C)CCCCC)cc3)c2-c2ccc(C(C)(C)CCCCC)cc2)cc1. The Labute approximate surface area is 531 Å². The predicted octanol–water partition coefficient (Wildman–Crippen LogP) is 25.3. The van der Waals surface area contributed by atoms with Crippen molar-refractivity contribution in [3.63, 3.8) is 0 Å². The highest BCUT2D eigenvalue weighted by molar-refractivity contribution is 5.98. The molecule has 87 heavy (non-hydrogen) atoms. The van der Waals surface area contributed by atoms with Crippen molar-refractivity contribution in [3.05, 3.63) is 201 Å². The van der Waals surface area contributed by atoms with Gasteiger partial charge in [0.25, 0.3) is 0 Å². The van der Waals surface area contributed by atoms with Crippen molar-refractivity contribution < 1.29 is 10.2 Å². The molecule has 0 aliphatic rings. The van der Waals surface area contributed by atoms with Gasteiger partial charge in [-0.2, -0.15) is 0 Å². The quantitative estimate of drug-likeness (QED) is 0.0336. The number of phenols is 2. The fourth-order valence-corrected chi connectivity index (χ4v) is 14.0. The largest absolute Gasteiger partial charge is 0.508 e. The Morgan fingerprint density at radius 1 is 0.264 bits per heavy atom. The molecule has 0 spiro atoms. The van der Waals surface area contributed by atoms with Gasteiger partial charge in [0.1, 0.15) is 11.5 Å². The highest BCUT2D eigenvalue weighted by Gasteiger charge is 2.44. The minimum absolute atomic E-state index is 0.00804. The first-order valence-corrected chi connectivity index (χ1v) is 34.5. The molecule has 7 aromatic carbocycles. The molecule has 0 aromatic heterocycles. The Morgan fingerprint density at radius 2 is 0.552 bits per heavy atom. The molecule has 468 valence electrons. The Balaban J connectivity index is 1.74. The maximum absolute atomic E-state index is 12.2. The van der Waals surface area contributed by atoms with E-state index in [1.165, 1.54) is 127 Å². The standard InChI is InChI=1S/C85H116O2/c1-19-25-29-55-81(11,12)64-39-33-61(34-40-64)71-51-52-72(78(63-37-43-66(44-38-63)83(15,16)57-31-27-21-3)77(71)62-35-41-65(42-36-62)82(13,14)56-30-26-20-2)85(69-49-53-75(86)73(59-69)79(7,8)23-5,70-50-54-76(87)74(60-70)80(9,10)24-6)68-47-45-67(46-48-68)84(17,18)58-32-28-22-4/h33-54,59-60,86-87H,19-32,55-58H2,1-18H3. The van der Waals surface area contributed by atoms with Gasteiger partial charge in [-0.1, -0.05) is 323 Å². The minimum Gasteiger partial charge on any atom is -0.508 e. The van der Waals surface area contributed by atoms with Crippen LogP contribution in [-0.2, 0) is 37.9 Å². The molecule has 0 aliphatic carbocycles. The van der Waals surface area contributed by atoms with Crippen molar-refractivity contribution in [1.29, 1.82) is 0 Å². The lowest BCUT2D eigenvalue weighted by Crippen LogP contribution is -2.33. The maximum Gasteiger partial charge on any atom is 0.119 e. The lowest BCUT2D eigenvalue weighted by Gasteiger charge is -2.41. The number of hydrogen-bond donors (Lipinski definition) is 2. The van der Waals surface area contributed by atoms with E-state index in [4.69, 9.17) is 0 Å². The first kappa shape index (κ1) is 68.6. The Bertz CT molecular complexity index is 3240. The highest BCUT2D eigenvalue weighted by atomic mass is 16.3. The summed E-state index contributed by atoms with van der Waals surface area (Å²) in [6.07, 6.45) is 20.8. The van der Waals surface area contributed by atoms with Crippen molar-refractivity contribution in [2.45, 2.75) is 278 Å². The molecule has 0 saturated carbocycles. The third kappa shape index (κ3) is 15.2. The summed E-state index contributed by atoms with van der Waals surface area (Å²) in [6.45, 7) is 42.1. The van der Waals surface area contributed by atoms with Crippen molar-refractivity contribution in [2.75, 3.05) is 0 Å². The summed E-state index contributed by atoms with van der Waals surface area (Å²) in [5.74, 6) is 0.621. The van der Waals surface area contributed by atoms with Crippen LogP contribution in [0.3, 0.4) is 0 Å². The first-order valence-electron chi connectivity index (χ1n) is 34.5. The lowest BCUT2D eigenvalue weighted by atomic mass is 9.61. The molecule has 0 saturated heterocycles. The van der Waals surface area contributed by atoms with Crippen molar-refractivity contribution >= 4 is 0 Å². The van der Waals surface area contributed by atoms with Crippen LogP contribution in [0.1, 0.15) is 296 Å². The molecule has 0 heterocycles. The topological polar surface area (TPSA) is 40.5 Å². The van der Waals surface area contributed by atoms with E-state index >= 15 is 0 Å². The zero-order valence-corrected chi connectivity index (χ0v) is 58.0. The number of benzene rings is 7. The van der Waals surface area contributed by atoms with Gasteiger partial charge in [-0.05, 0) is 184 Å². The van der Waals surface area contributed by atoms with Crippen molar-refractivity contribution in [1.82, 2.24) is 0 Å². The van der Waals surface area contributed by atoms with Gasteiger partial charge >= 0.3 is 0 Å². The van der Waals surface area contributed by atoms with Crippen molar-refractivity contribution in [2.24, 2.45) is 0 Å². The van der Waals surface area contributed by atoms with E-state index in [1.54, 1.807) is 0 Å². The van der Waals surface area contributed by atoms with Gasteiger partial charge in [0.2, 0.25) is 0 Å². The molecular formula is C85H116O2. The van der Waals surface area contributed by atoms with Crippen LogP contribution in [0.2, 0.25) is 0 Å². The van der Waals surface area contributed by atoms with Gasteiger partial charge in [-0.25, -0.2) is 0 Å². The van der Waals surface area contributed by atoms with E-state index in [9.17, 15) is 10.2 Å². The van der Waals surface area contributed by atoms with E-state index in [-0.39, 0.29) is 32.5 Å². The Kier molecular flexibility index (Phi) is 22.7. The van der Waals surface area contributed by atoms with E-state index < -0.39 is 5.41 Å². The van der Waals surface area contributed by atoms with Crippen LogP contribution in [0.5, 0.6) is 11.5 Å². The van der Waals surface area contributed by atoms with Crippen LogP contribution in [0, 0.1) is 0 Å². The molecule has 0 radical (unpaired) electrons. The Hall–Kier alpha value is -5.86. The van der Waals surface area contributed by atoms with Gasteiger partial charge in [0, 0.05) is 0 Å². The summed E-state index contributed by atoms with van der Waals surface area (Å²) >= 11 is 0. The van der Waals surface area contributed by atoms with Crippen LogP contribution >= 0.6 is 0 Å². The molecule has 0 unspecified atom stereocenters. The molecule has 2 nitrogen and oxygen atoms in total. The second-order valence-corrected chi connectivity index (χ2v) is 30.3. The molecule has 2 heteroatoms. The highest BCUT2D eigenvalue weighted by Crippen LogP contribution is 2.56. The Morgan fingerprint density at radius 3 is 0.874 bits per heavy atom. The monoisotopic (exact) mass is 1170 g/mol. The number of aromatic hydroxyl groups is 2. The molecular weight excluding hydrogens is 1050 g/mol. The zero-order chi connectivity index (χ0) is 63.6.